The van der Waals surface area contributed by atoms with Crippen LogP contribution in [0.4, 0.5) is 0 Å². The number of nitrogens with one attached hydrogen (secondary N) is 3. The van der Waals surface area contributed by atoms with Crippen LogP contribution >= 0.6 is 11.3 Å². The number of hydrogen-bond acceptors (Lipinski definition) is 6. The third kappa shape index (κ3) is 4.34. The first-order valence-corrected chi connectivity index (χ1v) is 8.53. The summed E-state index contributed by atoms with van der Waals surface area (Å²) in [5, 5.41) is 10.7. The Hall–Kier alpha value is -1.78. The number of aromatic amines is 1. The van der Waals surface area contributed by atoms with Crippen molar-refractivity contribution in [3.8, 4) is 0 Å². The Bertz CT molecular complexity index is 667. The maximum absolute atomic E-state index is 11.8. The first-order valence-electron chi connectivity index (χ1n) is 6.17. The van der Waals surface area contributed by atoms with Crippen molar-refractivity contribution in [3.05, 3.63) is 29.7 Å². The Kier molecular flexibility index (Phi) is 5.04. The van der Waals surface area contributed by atoms with Crippen molar-refractivity contribution in [1.82, 2.24) is 25.2 Å². The second-order valence-corrected chi connectivity index (χ2v) is 7.18. The van der Waals surface area contributed by atoms with Gasteiger partial charge in [0.1, 0.15) is 16.4 Å². The van der Waals surface area contributed by atoms with Crippen LogP contribution in [0.15, 0.2) is 28.0 Å². The highest BCUT2D eigenvalue weighted by Gasteiger charge is 2.16. The van der Waals surface area contributed by atoms with E-state index in [9.17, 15) is 13.2 Å². The van der Waals surface area contributed by atoms with E-state index in [1.165, 1.54) is 12.4 Å². The summed E-state index contributed by atoms with van der Waals surface area (Å²) in [5.41, 5.74) is 0. The SMILES string of the molecule is CC(NC(=O)CCNS(=O)(=O)c1cccs1)c1ncn[nH]1. The van der Waals surface area contributed by atoms with Gasteiger partial charge in [0.05, 0.1) is 6.04 Å². The molecule has 0 aliphatic rings. The summed E-state index contributed by atoms with van der Waals surface area (Å²) >= 11 is 1.13. The summed E-state index contributed by atoms with van der Waals surface area (Å²) in [6.07, 6.45) is 1.40. The van der Waals surface area contributed by atoms with Gasteiger partial charge < -0.3 is 5.32 Å². The molecule has 8 nitrogen and oxygen atoms in total. The highest BCUT2D eigenvalue weighted by Crippen LogP contribution is 2.15. The predicted octanol–water partition coefficient (Wildman–Crippen LogP) is 0.412. The van der Waals surface area contributed by atoms with Crippen LogP contribution in [-0.4, -0.2) is 36.1 Å². The zero-order valence-electron chi connectivity index (χ0n) is 11.2. The Morgan fingerprint density at radius 1 is 1.52 bits per heavy atom. The number of H-pyrrole nitrogens is 1. The smallest absolute Gasteiger partial charge is 0.250 e. The van der Waals surface area contributed by atoms with Gasteiger partial charge in [-0.05, 0) is 18.4 Å². The molecule has 1 amide bonds. The molecule has 0 aromatic carbocycles. The zero-order chi connectivity index (χ0) is 15.3. The molecule has 1 unspecified atom stereocenters. The van der Waals surface area contributed by atoms with Gasteiger partial charge in [-0.3, -0.25) is 9.89 Å². The third-order valence-corrected chi connectivity index (χ3v) is 5.48. The molecule has 0 spiro atoms. The number of sulfonamides is 1. The molecule has 2 heterocycles. The number of hydrogen-bond donors (Lipinski definition) is 3. The van der Waals surface area contributed by atoms with Gasteiger partial charge in [0, 0.05) is 13.0 Å². The molecule has 1 atom stereocenters. The summed E-state index contributed by atoms with van der Waals surface area (Å²) in [6, 6.07) is 2.86. The molecule has 21 heavy (non-hydrogen) atoms. The van der Waals surface area contributed by atoms with E-state index in [0.717, 1.165) is 11.3 Å². The second kappa shape index (κ2) is 6.78. The molecular formula is C11H15N5O3S2. The first-order chi connectivity index (χ1) is 9.99. The maximum atomic E-state index is 11.8. The number of rotatable bonds is 7. The molecule has 2 aromatic heterocycles. The summed E-state index contributed by atoms with van der Waals surface area (Å²) in [7, 11) is -3.52. The molecule has 10 heteroatoms. The lowest BCUT2D eigenvalue weighted by Crippen LogP contribution is -2.32. The minimum atomic E-state index is -3.52. The van der Waals surface area contributed by atoms with Crippen LogP contribution in [0.1, 0.15) is 25.2 Å². The summed E-state index contributed by atoms with van der Waals surface area (Å²) < 4.78 is 26.3. The summed E-state index contributed by atoms with van der Waals surface area (Å²) in [5.74, 6) is 0.273. The number of nitrogens with zero attached hydrogens (tertiary/aromatic N) is 2. The molecule has 0 aliphatic heterocycles. The van der Waals surface area contributed by atoms with Gasteiger partial charge >= 0.3 is 0 Å². The van der Waals surface area contributed by atoms with E-state index < -0.39 is 10.0 Å². The van der Waals surface area contributed by atoms with E-state index in [1.54, 1.807) is 18.4 Å². The monoisotopic (exact) mass is 329 g/mol. The molecule has 2 aromatic rings. The third-order valence-electron chi connectivity index (χ3n) is 2.63. The van der Waals surface area contributed by atoms with Gasteiger partial charge in [-0.1, -0.05) is 6.07 Å². The fraction of sp³-hybridized carbons (Fsp3) is 0.364. The summed E-state index contributed by atoms with van der Waals surface area (Å²) in [6.45, 7) is 1.80. The standard InChI is InChI=1S/C11H15N5O3S2/c1-8(11-12-7-13-16-11)15-9(17)4-5-14-21(18,19)10-3-2-6-20-10/h2-3,6-8,14H,4-5H2,1H3,(H,15,17)(H,12,13,16). The van der Waals surface area contributed by atoms with Crippen LogP contribution < -0.4 is 10.0 Å². The van der Waals surface area contributed by atoms with Gasteiger partial charge in [0.15, 0.2) is 0 Å². The van der Waals surface area contributed by atoms with E-state index in [4.69, 9.17) is 0 Å². The highest BCUT2D eigenvalue weighted by molar-refractivity contribution is 7.91. The molecule has 3 N–H and O–H groups in total. The number of aromatic nitrogens is 3. The lowest BCUT2D eigenvalue weighted by molar-refractivity contribution is -0.121. The van der Waals surface area contributed by atoms with E-state index in [-0.39, 0.29) is 29.1 Å². The fourth-order valence-electron chi connectivity index (χ4n) is 1.59. The minimum Gasteiger partial charge on any atom is -0.346 e. The van der Waals surface area contributed by atoms with E-state index in [1.807, 2.05) is 0 Å². The van der Waals surface area contributed by atoms with Gasteiger partial charge in [0.25, 0.3) is 0 Å². The van der Waals surface area contributed by atoms with Crippen molar-refractivity contribution in [2.24, 2.45) is 0 Å². The van der Waals surface area contributed by atoms with Crippen molar-refractivity contribution in [2.75, 3.05) is 6.54 Å². The lowest BCUT2D eigenvalue weighted by atomic mass is 10.3. The first kappa shape index (κ1) is 15.6. The number of carbonyl (C=O) groups is 1. The molecule has 0 aliphatic carbocycles. The van der Waals surface area contributed by atoms with E-state index in [0.29, 0.717) is 5.82 Å². The Morgan fingerprint density at radius 3 is 2.95 bits per heavy atom. The maximum Gasteiger partial charge on any atom is 0.250 e. The van der Waals surface area contributed by atoms with Gasteiger partial charge in [-0.25, -0.2) is 18.1 Å². The average Bonchev–Trinajstić information content (AvgIpc) is 3.12. The van der Waals surface area contributed by atoms with Crippen LogP contribution in [0.2, 0.25) is 0 Å². The largest absolute Gasteiger partial charge is 0.346 e. The van der Waals surface area contributed by atoms with Gasteiger partial charge in [-0.2, -0.15) is 5.10 Å². The highest BCUT2D eigenvalue weighted by atomic mass is 32.2. The molecule has 0 radical (unpaired) electrons. The van der Waals surface area contributed by atoms with Crippen molar-refractivity contribution in [2.45, 2.75) is 23.6 Å². The molecule has 0 saturated carbocycles. The van der Waals surface area contributed by atoms with Crippen LogP contribution in [-0.2, 0) is 14.8 Å². The minimum absolute atomic E-state index is 0.0369. The second-order valence-electron chi connectivity index (χ2n) is 4.24. The van der Waals surface area contributed by atoms with Gasteiger partial charge in [0.2, 0.25) is 15.9 Å². The van der Waals surface area contributed by atoms with Crippen LogP contribution in [0, 0.1) is 0 Å². The van der Waals surface area contributed by atoms with Crippen LogP contribution in [0.5, 0.6) is 0 Å². The molecule has 0 fully saturated rings. The molecule has 0 saturated heterocycles. The fourth-order valence-corrected chi connectivity index (χ4v) is 3.66. The van der Waals surface area contributed by atoms with Crippen LogP contribution in [0.25, 0.3) is 0 Å². The zero-order valence-corrected chi connectivity index (χ0v) is 12.9. The molecular weight excluding hydrogens is 314 g/mol. The van der Waals surface area contributed by atoms with Crippen LogP contribution in [0.3, 0.4) is 0 Å². The van der Waals surface area contributed by atoms with Crippen molar-refractivity contribution >= 4 is 27.3 Å². The Labute approximate surface area is 126 Å². The normalized spacial score (nSPS) is 13.0. The Balaban J connectivity index is 1.77. The van der Waals surface area contributed by atoms with Crippen molar-refractivity contribution in [3.63, 3.8) is 0 Å². The topological polar surface area (TPSA) is 117 Å². The van der Waals surface area contributed by atoms with Crippen molar-refractivity contribution in [1.29, 1.82) is 0 Å². The van der Waals surface area contributed by atoms with Crippen molar-refractivity contribution < 1.29 is 13.2 Å². The number of amides is 1. The number of thiophene rings is 1. The quantitative estimate of drug-likeness (QED) is 0.680. The summed E-state index contributed by atoms with van der Waals surface area (Å²) in [4.78, 5) is 15.6. The predicted molar refractivity (Wildman–Crippen MR) is 77.1 cm³/mol. The van der Waals surface area contributed by atoms with E-state index >= 15 is 0 Å². The Morgan fingerprint density at radius 2 is 2.33 bits per heavy atom. The van der Waals surface area contributed by atoms with E-state index in [2.05, 4.69) is 25.2 Å². The number of carbonyl (C=O) groups excluding carboxylic acids is 1. The lowest BCUT2D eigenvalue weighted by Gasteiger charge is -2.11. The molecule has 0 bridgehead atoms. The van der Waals surface area contributed by atoms with Gasteiger partial charge in [-0.15, -0.1) is 11.3 Å². The average molecular weight is 329 g/mol. The molecule has 114 valence electrons. The molecule has 2 rings (SSSR count).